The molecule has 0 fully saturated rings. The number of thioether (sulfide) groups is 1. The van der Waals surface area contributed by atoms with Crippen LogP contribution in [0.1, 0.15) is 11.3 Å². The maximum absolute atomic E-state index is 12.1. The number of thiazole rings is 1. The van der Waals surface area contributed by atoms with Crippen molar-refractivity contribution in [1.82, 2.24) is 4.98 Å². The van der Waals surface area contributed by atoms with Gasteiger partial charge >= 0.3 is 0 Å². The Morgan fingerprint density at radius 3 is 2.81 bits per heavy atom. The summed E-state index contributed by atoms with van der Waals surface area (Å²) in [5, 5.41) is 5.95. The highest BCUT2D eigenvalue weighted by molar-refractivity contribution is 7.99. The number of nitrogens with zero attached hydrogens (tertiary/aromatic N) is 1. The molecule has 2 aromatic carbocycles. The van der Waals surface area contributed by atoms with Crippen LogP contribution >= 0.6 is 23.1 Å². The van der Waals surface area contributed by atoms with Crippen LogP contribution < -0.4 is 10.1 Å². The predicted molar refractivity (Wildman–Crippen MR) is 110 cm³/mol. The minimum absolute atomic E-state index is 0.0303. The number of carbonyl (C=O) groups is 1. The zero-order valence-electron chi connectivity index (χ0n) is 14.7. The lowest BCUT2D eigenvalue weighted by atomic mass is 10.2. The topological polar surface area (TPSA) is 51.2 Å². The Kier molecular flexibility index (Phi) is 6.30. The second kappa shape index (κ2) is 8.87. The van der Waals surface area contributed by atoms with Crippen LogP contribution in [0.5, 0.6) is 5.75 Å². The van der Waals surface area contributed by atoms with Gasteiger partial charge in [0.15, 0.2) is 0 Å². The standard InChI is InChI=1S/C20H20N2O2S2/c1-14-6-8-15(9-7-14)20-22-17(12-26-20)11-25-13-19(23)21-16-4-3-5-18(10-16)24-2/h3-10,12H,11,13H2,1-2H3,(H,21,23). The summed E-state index contributed by atoms with van der Waals surface area (Å²) in [4.78, 5) is 16.7. The summed E-state index contributed by atoms with van der Waals surface area (Å²) in [7, 11) is 1.61. The molecule has 0 aliphatic carbocycles. The van der Waals surface area contributed by atoms with E-state index in [0.717, 1.165) is 27.7 Å². The molecule has 4 nitrogen and oxygen atoms in total. The molecule has 3 aromatic rings. The molecule has 0 saturated heterocycles. The summed E-state index contributed by atoms with van der Waals surface area (Å²) in [6.45, 7) is 2.07. The summed E-state index contributed by atoms with van der Waals surface area (Å²) in [6.07, 6.45) is 0. The number of anilines is 1. The highest BCUT2D eigenvalue weighted by Crippen LogP contribution is 2.26. The van der Waals surface area contributed by atoms with E-state index in [9.17, 15) is 4.79 Å². The second-order valence-corrected chi connectivity index (χ2v) is 7.63. The van der Waals surface area contributed by atoms with Crippen molar-refractivity contribution in [2.45, 2.75) is 12.7 Å². The van der Waals surface area contributed by atoms with Gasteiger partial charge in [-0.3, -0.25) is 4.79 Å². The molecule has 26 heavy (non-hydrogen) atoms. The van der Waals surface area contributed by atoms with E-state index in [1.54, 1.807) is 36.3 Å². The lowest BCUT2D eigenvalue weighted by Crippen LogP contribution is -2.14. The maximum atomic E-state index is 12.1. The minimum Gasteiger partial charge on any atom is -0.497 e. The molecule has 0 radical (unpaired) electrons. The van der Waals surface area contributed by atoms with Crippen LogP contribution in [0.15, 0.2) is 53.9 Å². The molecule has 6 heteroatoms. The third-order valence-corrected chi connectivity index (χ3v) is 5.59. The Balaban J connectivity index is 1.48. The highest BCUT2D eigenvalue weighted by atomic mass is 32.2. The summed E-state index contributed by atoms with van der Waals surface area (Å²) >= 11 is 3.19. The Morgan fingerprint density at radius 1 is 1.23 bits per heavy atom. The average molecular weight is 385 g/mol. The number of ether oxygens (including phenoxy) is 1. The largest absolute Gasteiger partial charge is 0.497 e. The first-order chi connectivity index (χ1) is 12.6. The Hall–Kier alpha value is -2.31. The number of hydrogen-bond donors (Lipinski definition) is 1. The predicted octanol–water partition coefficient (Wildman–Crippen LogP) is 5.00. The third-order valence-electron chi connectivity index (χ3n) is 3.69. The zero-order valence-corrected chi connectivity index (χ0v) is 16.3. The van der Waals surface area contributed by atoms with Gasteiger partial charge in [0.1, 0.15) is 10.8 Å². The molecule has 0 saturated carbocycles. The van der Waals surface area contributed by atoms with Crippen molar-refractivity contribution < 1.29 is 9.53 Å². The van der Waals surface area contributed by atoms with Crippen molar-refractivity contribution in [3.05, 3.63) is 65.2 Å². The van der Waals surface area contributed by atoms with Crippen molar-refractivity contribution in [1.29, 1.82) is 0 Å². The molecule has 0 bridgehead atoms. The number of aromatic nitrogens is 1. The summed E-state index contributed by atoms with van der Waals surface area (Å²) in [6, 6.07) is 15.7. The van der Waals surface area contributed by atoms with E-state index in [1.165, 1.54) is 5.56 Å². The number of carbonyl (C=O) groups excluding carboxylic acids is 1. The van der Waals surface area contributed by atoms with Crippen LogP contribution in [0.3, 0.4) is 0 Å². The third kappa shape index (κ3) is 5.09. The molecule has 1 amide bonds. The van der Waals surface area contributed by atoms with Crippen molar-refractivity contribution >= 4 is 34.7 Å². The molecule has 0 atom stereocenters. The first-order valence-corrected chi connectivity index (χ1v) is 10.2. The molecule has 1 heterocycles. The van der Waals surface area contributed by atoms with E-state index in [2.05, 4.69) is 46.9 Å². The number of aryl methyl sites for hydroxylation is 1. The van der Waals surface area contributed by atoms with Gasteiger partial charge in [0.2, 0.25) is 5.91 Å². The van der Waals surface area contributed by atoms with Crippen molar-refractivity contribution in [2.24, 2.45) is 0 Å². The molecule has 3 rings (SSSR count). The molecule has 0 aliphatic rings. The van der Waals surface area contributed by atoms with Crippen LogP contribution in [0.2, 0.25) is 0 Å². The number of hydrogen-bond acceptors (Lipinski definition) is 5. The Labute approximate surface area is 161 Å². The monoisotopic (exact) mass is 384 g/mol. The van der Waals surface area contributed by atoms with Crippen molar-refractivity contribution in [3.63, 3.8) is 0 Å². The number of benzene rings is 2. The van der Waals surface area contributed by atoms with Gasteiger partial charge in [-0.25, -0.2) is 4.98 Å². The van der Waals surface area contributed by atoms with E-state index in [4.69, 9.17) is 4.74 Å². The smallest absolute Gasteiger partial charge is 0.234 e. The molecule has 1 aromatic heterocycles. The molecule has 0 unspecified atom stereocenters. The molecular formula is C20H20N2O2S2. The van der Waals surface area contributed by atoms with E-state index in [1.807, 2.05) is 18.2 Å². The molecule has 1 N–H and O–H groups in total. The SMILES string of the molecule is COc1cccc(NC(=O)CSCc2csc(-c3ccc(C)cc3)n2)c1. The quantitative estimate of drug-likeness (QED) is 0.623. The Morgan fingerprint density at radius 2 is 2.04 bits per heavy atom. The van der Waals surface area contributed by atoms with Crippen LogP contribution in [-0.2, 0) is 10.5 Å². The average Bonchev–Trinajstić information content (AvgIpc) is 3.11. The fourth-order valence-electron chi connectivity index (χ4n) is 2.35. The number of amides is 1. The van der Waals surface area contributed by atoms with Crippen LogP contribution in [0.4, 0.5) is 5.69 Å². The number of rotatable bonds is 7. The van der Waals surface area contributed by atoms with Crippen LogP contribution in [0.25, 0.3) is 10.6 Å². The molecule has 0 spiro atoms. The van der Waals surface area contributed by atoms with Gasteiger partial charge in [-0.2, -0.15) is 0 Å². The van der Waals surface area contributed by atoms with E-state index >= 15 is 0 Å². The number of nitrogens with one attached hydrogen (secondary N) is 1. The highest BCUT2D eigenvalue weighted by Gasteiger charge is 2.07. The first kappa shape index (κ1) is 18.5. The lowest BCUT2D eigenvalue weighted by Gasteiger charge is -2.06. The lowest BCUT2D eigenvalue weighted by molar-refractivity contribution is -0.113. The molecule has 0 aliphatic heterocycles. The second-order valence-electron chi connectivity index (χ2n) is 5.78. The van der Waals surface area contributed by atoms with Crippen molar-refractivity contribution in [2.75, 3.05) is 18.2 Å². The van der Waals surface area contributed by atoms with E-state index in [-0.39, 0.29) is 5.91 Å². The maximum Gasteiger partial charge on any atom is 0.234 e. The summed E-state index contributed by atoms with van der Waals surface area (Å²) in [5.74, 6) is 1.79. The fourth-order valence-corrected chi connectivity index (χ4v) is 4.00. The van der Waals surface area contributed by atoms with Crippen LogP contribution in [0, 0.1) is 6.92 Å². The van der Waals surface area contributed by atoms with Gasteiger partial charge < -0.3 is 10.1 Å². The van der Waals surface area contributed by atoms with E-state index in [0.29, 0.717) is 11.5 Å². The zero-order chi connectivity index (χ0) is 18.4. The normalized spacial score (nSPS) is 10.5. The molecular weight excluding hydrogens is 364 g/mol. The van der Waals surface area contributed by atoms with Gasteiger partial charge in [0, 0.05) is 28.5 Å². The summed E-state index contributed by atoms with van der Waals surface area (Å²) < 4.78 is 5.16. The van der Waals surface area contributed by atoms with E-state index < -0.39 is 0 Å². The minimum atomic E-state index is -0.0303. The first-order valence-electron chi connectivity index (χ1n) is 8.17. The molecule has 134 valence electrons. The van der Waals surface area contributed by atoms with Gasteiger partial charge in [0.05, 0.1) is 18.6 Å². The Bertz CT molecular complexity index is 876. The fraction of sp³-hybridized carbons (Fsp3) is 0.200. The van der Waals surface area contributed by atoms with Crippen LogP contribution in [-0.4, -0.2) is 23.8 Å². The van der Waals surface area contributed by atoms with Gasteiger partial charge in [-0.15, -0.1) is 23.1 Å². The van der Waals surface area contributed by atoms with Gasteiger partial charge in [-0.05, 0) is 19.1 Å². The number of methoxy groups -OCH3 is 1. The summed E-state index contributed by atoms with van der Waals surface area (Å²) in [5.41, 5.74) is 4.12. The van der Waals surface area contributed by atoms with Crippen molar-refractivity contribution in [3.8, 4) is 16.3 Å². The van der Waals surface area contributed by atoms with Gasteiger partial charge in [-0.1, -0.05) is 35.9 Å². The van der Waals surface area contributed by atoms with Gasteiger partial charge in [0.25, 0.3) is 0 Å².